The number of rotatable bonds is 1. The summed E-state index contributed by atoms with van der Waals surface area (Å²) in [5.74, 6) is 1.30. The molecule has 0 bridgehead atoms. The van der Waals surface area contributed by atoms with Crippen LogP contribution in [0.5, 0.6) is 0 Å². The zero-order valence-electron chi connectivity index (χ0n) is 12.0. The van der Waals surface area contributed by atoms with Crippen LogP contribution in [0.3, 0.4) is 0 Å². The summed E-state index contributed by atoms with van der Waals surface area (Å²) >= 11 is 0. The SMILES string of the molecule is O=C1CCC[C@H]2CC/C(=C\C(=O)N3CCOCC3)C[C@H]12. The van der Waals surface area contributed by atoms with Gasteiger partial charge in [0, 0.05) is 31.5 Å². The standard InChI is InChI=1S/C16H23NO3/c18-15-3-1-2-13-5-4-12(10-14(13)15)11-16(19)17-6-8-20-9-7-17/h11,13-14H,1-10H2/b12-11+/t13-,14-/m0/s1. The molecule has 0 N–H and O–H groups in total. The Balaban J connectivity index is 1.63. The molecule has 2 aliphatic carbocycles. The molecule has 1 amide bonds. The smallest absolute Gasteiger partial charge is 0.246 e. The van der Waals surface area contributed by atoms with Crippen molar-refractivity contribution in [2.45, 2.75) is 38.5 Å². The van der Waals surface area contributed by atoms with E-state index in [1.54, 1.807) is 6.08 Å². The van der Waals surface area contributed by atoms with Crippen molar-refractivity contribution in [3.63, 3.8) is 0 Å². The van der Waals surface area contributed by atoms with Gasteiger partial charge in [-0.25, -0.2) is 0 Å². The number of fused-ring (bicyclic) bond motifs is 1. The quantitative estimate of drug-likeness (QED) is 0.688. The molecule has 0 aromatic heterocycles. The first-order valence-corrected chi connectivity index (χ1v) is 7.83. The summed E-state index contributed by atoms with van der Waals surface area (Å²) in [5, 5.41) is 0. The van der Waals surface area contributed by atoms with Gasteiger partial charge in [-0.15, -0.1) is 0 Å². The van der Waals surface area contributed by atoms with Gasteiger partial charge in [-0.3, -0.25) is 9.59 Å². The van der Waals surface area contributed by atoms with Gasteiger partial charge in [0.2, 0.25) is 5.91 Å². The van der Waals surface area contributed by atoms with Gasteiger partial charge in [0.25, 0.3) is 0 Å². The fourth-order valence-electron chi connectivity index (χ4n) is 3.75. The van der Waals surface area contributed by atoms with Gasteiger partial charge in [0.1, 0.15) is 5.78 Å². The van der Waals surface area contributed by atoms with Gasteiger partial charge in [-0.05, 0) is 38.0 Å². The molecule has 0 aromatic rings. The summed E-state index contributed by atoms with van der Waals surface area (Å²) in [6.07, 6.45) is 7.69. The molecule has 1 aliphatic heterocycles. The minimum Gasteiger partial charge on any atom is -0.378 e. The molecular weight excluding hydrogens is 254 g/mol. The van der Waals surface area contributed by atoms with E-state index in [1.165, 1.54) is 12.0 Å². The molecule has 1 saturated heterocycles. The normalized spacial score (nSPS) is 33.1. The van der Waals surface area contributed by atoms with Crippen LogP contribution in [0.2, 0.25) is 0 Å². The molecule has 3 fully saturated rings. The molecule has 3 rings (SSSR count). The summed E-state index contributed by atoms with van der Waals surface area (Å²) < 4.78 is 5.27. The lowest BCUT2D eigenvalue weighted by Crippen LogP contribution is -2.40. The first kappa shape index (κ1) is 13.8. The Bertz CT molecular complexity index is 423. The fraction of sp³-hybridized carbons (Fsp3) is 0.750. The molecule has 4 nitrogen and oxygen atoms in total. The van der Waals surface area contributed by atoms with Crippen LogP contribution in [0.25, 0.3) is 0 Å². The van der Waals surface area contributed by atoms with Crippen LogP contribution in [0, 0.1) is 11.8 Å². The van der Waals surface area contributed by atoms with Crippen molar-refractivity contribution in [2.75, 3.05) is 26.3 Å². The van der Waals surface area contributed by atoms with Crippen molar-refractivity contribution in [1.82, 2.24) is 4.90 Å². The maximum absolute atomic E-state index is 12.2. The summed E-state index contributed by atoms with van der Waals surface area (Å²) in [6, 6.07) is 0. The molecule has 2 atom stereocenters. The number of nitrogens with zero attached hydrogens (tertiary/aromatic N) is 1. The third-order valence-corrected chi connectivity index (χ3v) is 4.95. The fourth-order valence-corrected chi connectivity index (χ4v) is 3.75. The number of ether oxygens (including phenoxy) is 1. The van der Waals surface area contributed by atoms with E-state index in [0.717, 1.165) is 32.1 Å². The number of carbonyl (C=O) groups is 2. The molecule has 3 aliphatic rings. The molecule has 2 saturated carbocycles. The second kappa shape index (κ2) is 6.08. The first-order valence-electron chi connectivity index (χ1n) is 7.83. The number of ketones is 1. The second-order valence-electron chi connectivity index (χ2n) is 6.21. The zero-order chi connectivity index (χ0) is 13.9. The number of allylic oxidation sites excluding steroid dienone is 1. The van der Waals surface area contributed by atoms with Crippen molar-refractivity contribution in [3.05, 3.63) is 11.6 Å². The average molecular weight is 277 g/mol. The van der Waals surface area contributed by atoms with Crippen molar-refractivity contribution in [3.8, 4) is 0 Å². The molecule has 0 radical (unpaired) electrons. The molecule has 110 valence electrons. The van der Waals surface area contributed by atoms with Gasteiger partial charge in [0.15, 0.2) is 0 Å². The Kier molecular flexibility index (Phi) is 4.20. The molecule has 4 heteroatoms. The van der Waals surface area contributed by atoms with Gasteiger partial charge >= 0.3 is 0 Å². The van der Waals surface area contributed by atoms with Crippen LogP contribution in [-0.2, 0) is 14.3 Å². The molecule has 20 heavy (non-hydrogen) atoms. The van der Waals surface area contributed by atoms with Crippen LogP contribution in [0.1, 0.15) is 38.5 Å². The predicted octanol–water partition coefficient (Wildman–Crippen LogP) is 1.94. The van der Waals surface area contributed by atoms with E-state index in [1.807, 2.05) is 4.90 Å². The number of amides is 1. The summed E-state index contributed by atoms with van der Waals surface area (Å²) in [5.41, 5.74) is 1.18. The van der Waals surface area contributed by atoms with Crippen molar-refractivity contribution >= 4 is 11.7 Å². The summed E-state index contributed by atoms with van der Waals surface area (Å²) in [4.78, 5) is 26.1. The molecular formula is C16H23NO3. The summed E-state index contributed by atoms with van der Waals surface area (Å²) in [7, 11) is 0. The maximum Gasteiger partial charge on any atom is 0.246 e. The molecule has 0 unspecified atom stereocenters. The van der Waals surface area contributed by atoms with Gasteiger partial charge < -0.3 is 9.64 Å². The number of hydrogen-bond donors (Lipinski definition) is 0. The van der Waals surface area contributed by atoms with Gasteiger partial charge in [0.05, 0.1) is 13.2 Å². The van der Waals surface area contributed by atoms with Crippen molar-refractivity contribution < 1.29 is 14.3 Å². The highest BCUT2D eigenvalue weighted by Crippen LogP contribution is 2.40. The largest absolute Gasteiger partial charge is 0.378 e. The molecule has 0 aromatic carbocycles. The highest BCUT2D eigenvalue weighted by atomic mass is 16.5. The Morgan fingerprint density at radius 1 is 1.20 bits per heavy atom. The van der Waals surface area contributed by atoms with E-state index in [2.05, 4.69) is 0 Å². The van der Waals surface area contributed by atoms with Crippen LogP contribution in [0.4, 0.5) is 0 Å². The first-order chi connectivity index (χ1) is 9.74. The lowest BCUT2D eigenvalue weighted by atomic mass is 9.69. The number of hydrogen-bond acceptors (Lipinski definition) is 3. The van der Waals surface area contributed by atoms with Gasteiger partial charge in [-0.1, -0.05) is 5.57 Å². The van der Waals surface area contributed by atoms with E-state index in [9.17, 15) is 9.59 Å². The lowest BCUT2D eigenvalue weighted by molar-refractivity contribution is -0.130. The number of morpholine rings is 1. The Morgan fingerprint density at radius 2 is 2.00 bits per heavy atom. The number of Topliss-reactive ketones (excluding diaryl/α,β-unsaturated/α-hetero) is 1. The maximum atomic E-state index is 12.2. The van der Waals surface area contributed by atoms with Crippen LogP contribution in [0.15, 0.2) is 11.6 Å². The lowest BCUT2D eigenvalue weighted by Gasteiger charge is -2.35. The highest BCUT2D eigenvalue weighted by Gasteiger charge is 2.35. The second-order valence-corrected chi connectivity index (χ2v) is 6.21. The topological polar surface area (TPSA) is 46.6 Å². The number of carbonyl (C=O) groups excluding carboxylic acids is 2. The minimum absolute atomic E-state index is 0.102. The third-order valence-electron chi connectivity index (χ3n) is 4.95. The van der Waals surface area contributed by atoms with Crippen LogP contribution >= 0.6 is 0 Å². The Labute approximate surface area is 120 Å². The molecule has 1 heterocycles. The van der Waals surface area contributed by atoms with Crippen LogP contribution < -0.4 is 0 Å². The Morgan fingerprint density at radius 3 is 2.80 bits per heavy atom. The van der Waals surface area contributed by atoms with E-state index in [0.29, 0.717) is 38.0 Å². The van der Waals surface area contributed by atoms with Crippen LogP contribution in [-0.4, -0.2) is 42.9 Å². The third kappa shape index (κ3) is 2.95. The van der Waals surface area contributed by atoms with E-state index in [-0.39, 0.29) is 11.8 Å². The molecule has 0 spiro atoms. The van der Waals surface area contributed by atoms with E-state index in [4.69, 9.17) is 4.74 Å². The van der Waals surface area contributed by atoms with Crippen molar-refractivity contribution in [2.24, 2.45) is 11.8 Å². The Hall–Kier alpha value is -1.16. The van der Waals surface area contributed by atoms with E-state index < -0.39 is 0 Å². The van der Waals surface area contributed by atoms with Gasteiger partial charge in [-0.2, -0.15) is 0 Å². The monoisotopic (exact) mass is 277 g/mol. The summed E-state index contributed by atoms with van der Waals surface area (Å²) in [6.45, 7) is 2.65. The highest BCUT2D eigenvalue weighted by molar-refractivity contribution is 5.89. The average Bonchev–Trinajstić information content (AvgIpc) is 2.49. The van der Waals surface area contributed by atoms with Crippen molar-refractivity contribution in [1.29, 1.82) is 0 Å². The zero-order valence-corrected chi connectivity index (χ0v) is 12.0. The predicted molar refractivity (Wildman–Crippen MR) is 75.2 cm³/mol. The van der Waals surface area contributed by atoms with E-state index >= 15 is 0 Å². The minimum atomic E-state index is 0.102.